The summed E-state index contributed by atoms with van der Waals surface area (Å²) in [4.78, 5) is 18.2. The van der Waals surface area contributed by atoms with Crippen LogP contribution in [0, 0.1) is 0 Å². The first-order valence-corrected chi connectivity index (χ1v) is 8.30. The second-order valence-corrected chi connectivity index (χ2v) is 7.03. The summed E-state index contributed by atoms with van der Waals surface area (Å²) in [5, 5.41) is 15.9. The molecule has 1 aromatic heterocycles. The third kappa shape index (κ3) is 6.44. The first-order chi connectivity index (χ1) is 9.73. The van der Waals surface area contributed by atoms with Crippen LogP contribution in [0.15, 0.2) is 5.38 Å². The fourth-order valence-electron chi connectivity index (χ4n) is 1.91. The van der Waals surface area contributed by atoms with Gasteiger partial charge >= 0.3 is 6.03 Å². The number of hydrogen-bond acceptors (Lipinski definition) is 4. The Kier molecular flexibility index (Phi) is 6.61. The molecule has 0 saturated carbocycles. The Balaban J connectivity index is 2.41. The van der Waals surface area contributed by atoms with E-state index in [1.54, 1.807) is 30.1 Å². The lowest BCUT2D eigenvalue weighted by Gasteiger charge is -2.28. The van der Waals surface area contributed by atoms with Gasteiger partial charge in [0, 0.05) is 30.8 Å². The van der Waals surface area contributed by atoms with Crippen molar-refractivity contribution < 1.29 is 9.90 Å². The molecular weight excluding hydrogens is 286 g/mol. The molecule has 5 nitrogen and oxygen atoms in total. The predicted octanol–water partition coefficient (Wildman–Crippen LogP) is 2.61. The first kappa shape index (κ1) is 17.9. The van der Waals surface area contributed by atoms with E-state index in [0.717, 1.165) is 17.1 Å². The van der Waals surface area contributed by atoms with Gasteiger partial charge in [-0.3, -0.25) is 0 Å². The molecule has 6 heteroatoms. The fraction of sp³-hybridized carbons (Fsp3) is 0.733. The molecule has 2 N–H and O–H groups in total. The Labute approximate surface area is 131 Å². The van der Waals surface area contributed by atoms with Crippen molar-refractivity contribution in [3.05, 3.63) is 16.1 Å². The second-order valence-electron chi connectivity index (χ2n) is 6.14. The van der Waals surface area contributed by atoms with Crippen molar-refractivity contribution in [2.75, 3.05) is 19.6 Å². The molecule has 0 aliphatic heterocycles. The van der Waals surface area contributed by atoms with Crippen LogP contribution in [-0.4, -0.2) is 46.3 Å². The lowest BCUT2D eigenvalue weighted by molar-refractivity contribution is 0.0480. The van der Waals surface area contributed by atoms with Gasteiger partial charge in [0.2, 0.25) is 0 Å². The number of nitrogens with zero attached hydrogens (tertiary/aromatic N) is 2. The Bertz CT molecular complexity index is 452. The Morgan fingerprint density at radius 3 is 2.67 bits per heavy atom. The van der Waals surface area contributed by atoms with Crippen LogP contribution in [0.4, 0.5) is 4.79 Å². The lowest BCUT2D eigenvalue weighted by atomic mass is 10.1. The molecule has 1 aromatic rings. The molecule has 0 unspecified atom stereocenters. The van der Waals surface area contributed by atoms with Crippen LogP contribution in [0.25, 0.3) is 0 Å². The molecule has 0 bridgehead atoms. The maximum absolute atomic E-state index is 12.0. The molecular formula is C15H27N3O2S. The third-order valence-corrected chi connectivity index (χ3v) is 4.16. The quantitative estimate of drug-likeness (QED) is 0.813. The van der Waals surface area contributed by atoms with Crippen molar-refractivity contribution in [1.29, 1.82) is 0 Å². The highest BCUT2D eigenvalue weighted by atomic mass is 32.1. The van der Waals surface area contributed by atoms with Gasteiger partial charge in [-0.2, -0.15) is 0 Å². The standard InChI is InChI=1S/C15H27N3O2S/c1-6-18(10-15(4,5)20)14(19)16-8-7-12-9-21-13(17-12)11(2)3/h9,11,20H,6-8,10H2,1-5H3,(H,16,19). The Morgan fingerprint density at radius 2 is 2.19 bits per heavy atom. The van der Waals surface area contributed by atoms with Crippen molar-refractivity contribution >= 4 is 17.4 Å². The van der Waals surface area contributed by atoms with E-state index >= 15 is 0 Å². The number of carbonyl (C=O) groups excluding carboxylic acids is 1. The van der Waals surface area contributed by atoms with Gasteiger partial charge in [-0.15, -0.1) is 11.3 Å². The molecule has 0 spiro atoms. The molecule has 2 amide bonds. The van der Waals surface area contributed by atoms with E-state index in [1.165, 1.54) is 0 Å². The number of rotatable bonds is 7. The summed E-state index contributed by atoms with van der Waals surface area (Å²) in [6.07, 6.45) is 0.731. The van der Waals surface area contributed by atoms with Gasteiger partial charge in [0.1, 0.15) is 0 Å². The average molecular weight is 313 g/mol. The molecule has 0 radical (unpaired) electrons. The minimum Gasteiger partial charge on any atom is -0.389 e. The van der Waals surface area contributed by atoms with Gasteiger partial charge in [-0.05, 0) is 20.8 Å². The zero-order valence-electron chi connectivity index (χ0n) is 13.6. The lowest BCUT2D eigenvalue weighted by Crippen LogP contribution is -2.47. The van der Waals surface area contributed by atoms with E-state index in [4.69, 9.17) is 0 Å². The van der Waals surface area contributed by atoms with Crippen LogP contribution in [0.3, 0.4) is 0 Å². The third-order valence-electron chi connectivity index (χ3n) is 2.97. The molecule has 21 heavy (non-hydrogen) atoms. The molecule has 0 saturated heterocycles. The van der Waals surface area contributed by atoms with Crippen LogP contribution >= 0.6 is 11.3 Å². The molecule has 0 aliphatic carbocycles. The molecule has 1 rings (SSSR count). The van der Waals surface area contributed by atoms with Gasteiger partial charge in [0.15, 0.2) is 0 Å². The number of likely N-dealkylation sites (N-methyl/N-ethyl adjacent to an activating group) is 1. The number of aromatic nitrogens is 1. The van der Waals surface area contributed by atoms with E-state index < -0.39 is 5.60 Å². The largest absolute Gasteiger partial charge is 0.389 e. The highest BCUT2D eigenvalue weighted by molar-refractivity contribution is 7.09. The summed E-state index contributed by atoms with van der Waals surface area (Å²) in [5.74, 6) is 0.445. The minimum absolute atomic E-state index is 0.140. The monoisotopic (exact) mass is 313 g/mol. The van der Waals surface area contributed by atoms with Crippen molar-refractivity contribution in [3.8, 4) is 0 Å². The van der Waals surface area contributed by atoms with Gasteiger partial charge in [0.25, 0.3) is 0 Å². The summed E-state index contributed by atoms with van der Waals surface area (Å²) in [5.41, 5.74) is 0.142. The van der Waals surface area contributed by atoms with Gasteiger partial charge < -0.3 is 15.3 Å². The number of amides is 2. The van der Waals surface area contributed by atoms with E-state index in [1.807, 2.05) is 6.92 Å². The SMILES string of the molecule is CCN(CC(C)(C)O)C(=O)NCCc1csc(C(C)C)n1. The molecule has 120 valence electrons. The summed E-state index contributed by atoms with van der Waals surface area (Å²) >= 11 is 1.67. The predicted molar refractivity (Wildman–Crippen MR) is 86.9 cm³/mol. The number of carbonyl (C=O) groups is 1. The van der Waals surface area contributed by atoms with E-state index in [-0.39, 0.29) is 6.03 Å². The first-order valence-electron chi connectivity index (χ1n) is 7.42. The average Bonchev–Trinajstić information content (AvgIpc) is 2.83. The fourth-order valence-corrected chi connectivity index (χ4v) is 2.78. The summed E-state index contributed by atoms with van der Waals surface area (Å²) < 4.78 is 0. The Morgan fingerprint density at radius 1 is 1.52 bits per heavy atom. The van der Waals surface area contributed by atoms with E-state index in [9.17, 15) is 9.90 Å². The van der Waals surface area contributed by atoms with Crippen LogP contribution in [0.2, 0.25) is 0 Å². The van der Waals surface area contributed by atoms with Crippen LogP contribution < -0.4 is 5.32 Å². The molecule has 0 aliphatic rings. The number of nitrogens with one attached hydrogen (secondary N) is 1. The van der Waals surface area contributed by atoms with Crippen molar-refractivity contribution in [1.82, 2.24) is 15.2 Å². The number of aliphatic hydroxyl groups is 1. The molecule has 0 atom stereocenters. The smallest absolute Gasteiger partial charge is 0.317 e. The van der Waals surface area contributed by atoms with Crippen molar-refractivity contribution in [2.45, 2.75) is 52.6 Å². The zero-order valence-corrected chi connectivity index (χ0v) is 14.5. The van der Waals surface area contributed by atoms with E-state index in [2.05, 4.69) is 29.5 Å². The highest BCUT2D eigenvalue weighted by Gasteiger charge is 2.20. The highest BCUT2D eigenvalue weighted by Crippen LogP contribution is 2.19. The number of hydrogen-bond donors (Lipinski definition) is 2. The van der Waals surface area contributed by atoms with Crippen LogP contribution in [-0.2, 0) is 6.42 Å². The van der Waals surface area contributed by atoms with Gasteiger partial charge in [-0.25, -0.2) is 9.78 Å². The van der Waals surface area contributed by atoms with Gasteiger partial charge in [0.05, 0.1) is 22.8 Å². The zero-order chi connectivity index (χ0) is 16.0. The second kappa shape index (κ2) is 7.75. The maximum atomic E-state index is 12.0. The van der Waals surface area contributed by atoms with Crippen LogP contribution in [0.5, 0.6) is 0 Å². The summed E-state index contributed by atoms with van der Waals surface area (Å²) in [6.45, 7) is 11.0. The molecule has 0 aromatic carbocycles. The molecule has 0 fully saturated rings. The van der Waals surface area contributed by atoms with E-state index in [0.29, 0.717) is 25.6 Å². The Hall–Kier alpha value is -1.14. The minimum atomic E-state index is -0.881. The normalized spacial score (nSPS) is 11.8. The number of urea groups is 1. The summed E-state index contributed by atoms with van der Waals surface area (Å²) in [7, 11) is 0. The number of thiazole rings is 1. The summed E-state index contributed by atoms with van der Waals surface area (Å²) in [6, 6.07) is -0.140. The van der Waals surface area contributed by atoms with Crippen LogP contribution in [0.1, 0.15) is 51.2 Å². The van der Waals surface area contributed by atoms with Crippen molar-refractivity contribution in [2.24, 2.45) is 0 Å². The molecule has 1 heterocycles. The van der Waals surface area contributed by atoms with Crippen molar-refractivity contribution in [3.63, 3.8) is 0 Å². The van der Waals surface area contributed by atoms with Gasteiger partial charge in [-0.1, -0.05) is 13.8 Å². The topological polar surface area (TPSA) is 65.5 Å². The maximum Gasteiger partial charge on any atom is 0.317 e.